The summed E-state index contributed by atoms with van der Waals surface area (Å²) in [5, 5.41) is 3.08. The molecule has 0 fully saturated rings. The number of para-hydroxylation sites is 1. The van der Waals surface area contributed by atoms with Crippen LogP contribution < -0.4 is 14.8 Å². The number of rotatable bonds is 6. The molecule has 0 aliphatic rings. The Morgan fingerprint density at radius 3 is 2.46 bits per heavy atom. The standard InChI is InChI=1S/C19H16ClN3O4S/c1-27-16-9-7-13(19(24)22-15-5-3-2-4-6-15)11-17(16)28(25,26)23-18-10-8-14(20)12-21-18/h2-12H,1H3,(H,21,23)(H,22,24). The van der Waals surface area contributed by atoms with Crippen LogP contribution in [-0.2, 0) is 10.0 Å². The number of halogens is 1. The summed E-state index contributed by atoms with van der Waals surface area (Å²) < 4.78 is 33.1. The monoisotopic (exact) mass is 417 g/mol. The predicted octanol–water partition coefficient (Wildman–Crippen LogP) is 3.80. The Labute approximate surface area is 167 Å². The number of methoxy groups -OCH3 is 1. The van der Waals surface area contributed by atoms with Gasteiger partial charge in [-0.05, 0) is 42.5 Å². The normalized spacial score (nSPS) is 10.9. The van der Waals surface area contributed by atoms with Crippen LogP contribution in [0.3, 0.4) is 0 Å². The van der Waals surface area contributed by atoms with Gasteiger partial charge in [-0.2, -0.15) is 0 Å². The molecule has 0 aliphatic heterocycles. The second-order valence-electron chi connectivity index (χ2n) is 5.65. The van der Waals surface area contributed by atoms with Gasteiger partial charge in [0.05, 0.1) is 12.1 Å². The van der Waals surface area contributed by atoms with E-state index >= 15 is 0 Å². The second kappa shape index (κ2) is 8.28. The molecule has 28 heavy (non-hydrogen) atoms. The second-order valence-corrected chi connectivity index (χ2v) is 7.74. The first-order valence-electron chi connectivity index (χ1n) is 8.08. The highest BCUT2D eigenvalue weighted by atomic mass is 35.5. The Bertz CT molecular complexity index is 1090. The lowest BCUT2D eigenvalue weighted by molar-refractivity contribution is 0.102. The molecule has 3 rings (SSSR count). The first-order chi connectivity index (χ1) is 13.4. The third kappa shape index (κ3) is 4.59. The van der Waals surface area contributed by atoms with Crippen LogP contribution in [0.1, 0.15) is 10.4 Å². The zero-order valence-corrected chi connectivity index (χ0v) is 16.3. The number of sulfonamides is 1. The molecule has 2 N–H and O–H groups in total. The fourth-order valence-corrected chi connectivity index (χ4v) is 3.70. The van der Waals surface area contributed by atoms with E-state index in [0.29, 0.717) is 10.7 Å². The van der Waals surface area contributed by atoms with Crippen LogP contribution in [0, 0.1) is 0 Å². The van der Waals surface area contributed by atoms with Crippen molar-refractivity contribution in [2.24, 2.45) is 0 Å². The lowest BCUT2D eigenvalue weighted by atomic mass is 10.2. The van der Waals surface area contributed by atoms with Gasteiger partial charge in [0.15, 0.2) is 0 Å². The van der Waals surface area contributed by atoms with Crippen LogP contribution >= 0.6 is 11.6 Å². The average Bonchev–Trinajstić information content (AvgIpc) is 2.70. The molecule has 7 nitrogen and oxygen atoms in total. The lowest BCUT2D eigenvalue weighted by Crippen LogP contribution is -2.17. The molecular formula is C19H16ClN3O4S. The van der Waals surface area contributed by atoms with Crippen molar-refractivity contribution >= 4 is 39.0 Å². The SMILES string of the molecule is COc1ccc(C(=O)Nc2ccccc2)cc1S(=O)(=O)Nc1ccc(Cl)cn1. The van der Waals surface area contributed by atoms with E-state index in [1.807, 2.05) is 6.07 Å². The molecule has 0 bridgehead atoms. The minimum atomic E-state index is -4.06. The number of benzene rings is 2. The first kappa shape index (κ1) is 19.7. The maximum atomic E-state index is 12.8. The number of hydrogen-bond donors (Lipinski definition) is 2. The zero-order chi connectivity index (χ0) is 20.1. The van der Waals surface area contributed by atoms with Gasteiger partial charge in [0.1, 0.15) is 16.5 Å². The Morgan fingerprint density at radius 2 is 1.82 bits per heavy atom. The largest absolute Gasteiger partial charge is 0.495 e. The van der Waals surface area contributed by atoms with Gasteiger partial charge in [0, 0.05) is 17.4 Å². The Morgan fingerprint density at radius 1 is 1.07 bits per heavy atom. The Kier molecular flexibility index (Phi) is 5.81. The minimum Gasteiger partial charge on any atom is -0.495 e. The number of nitrogens with one attached hydrogen (secondary N) is 2. The van der Waals surface area contributed by atoms with Crippen molar-refractivity contribution in [1.29, 1.82) is 0 Å². The molecule has 3 aromatic rings. The minimum absolute atomic E-state index is 0.0885. The van der Waals surface area contributed by atoms with Crippen LogP contribution in [0.4, 0.5) is 11.5 Å². The molecule has 0 radical (unpaired) electrons. The van der Waals surface area contributed by atoms with Gasteiger partial charge < -0.3 is 10.1 Å². The van der Waals surface area contributed by atoms with Crippen molar-refractivity contribution in [3.63, 3.8) is 0 Å². The molecule has 1 amide bonds. The molecule has 0 unspecified atom stereocenters. The average molecular weight is 418 g/mol. The number of pyridine rings is 1. The van der Waals surface area contributed by atoms with E-state index in [1.54, 1.807) is 24.3 Å². The molecular weight excluding hydrogens is 402 g/mol. The van der Waals surface area contributed by atoms with E-state index in [1.165, 1.54) is 43.6 Å². The highest BCUT2D eigenvalue weighted by molar-refractivity contribution is 7.92. The summed E-state index contributed by atoms with van der Waals surface area (Å²) >= 11 is 5.77. The summed E-state index contributed by atoms with van der Waals surface area (Å²) in [6.07, 6.45) is 1.32. The zero-order valence-electron chi connectivity index (χ0n) is 14.7. The molecule has 1 aromatic heterocycles. The van der Waals surface area contributed by atoms with Gasteiger partial charge in [0.2, 0.25) is 0 Å². The molecule has 0 saturated heterocycles. The van der Waals surface area contributed by atoms with Crippen LogP contribution in [0.15, 0.2) is 71.8 Å². The lowest BCUT2D eigenvalue weighted by Gasteiger charge is -2.13. The maximum absolute atomic E-state index is 12.8. The van der Waals surface area contributed by atoms with Crippen LogP contribution in [-0.4, -0.2) is 26.4 Å². The molecule has 0 spiro atoms. The maximum Gasteiger partial charge on any atom is 0.266 e. The quantitative estimate of drug-likeness (QED) is 0.635. The summed E-state index contributed by atoms with van der Waals surface area (Å²) in [6.45, 7) is 0. The predicted molar refractivity (Wildman–Crippen MR) is 107 cm³/mol. The highest BCUT2D eigenvalue weighted by Gasteiger charge is 2.22. The van der Waals surface area contributed by atoms with Crippen LogP contribution in [0.25, 0.3) is 0 Å². The van der Waals surface area contributed by atoms with E-state index in [4.69, 9.17) is 16.3 Å². The van der Waals surface area contributed by atoms with Crippen LogP contribution in [0.2, 0.25) is 5.02 Å². The van der Waals surface area contributed by atoms with Gasteiger partial charge in [-0.15, -0.1) is 0 Å². The molecule has 0 atom stereocenters. The number of carbonyl (C=O) groups excluding carboxylic acids is 1. The third-order valence-electron chi connectivity index (χ3n) is 3.71. The topological polar surface area (TPSA) is 97.4 Å². The van der Waals surface area contributed by atoms with E-state index in [9.17, 15) is 13.2 Å². The van der Waals surface area contributed by atoms with Crippen LogP contribution in [0.5, 0.6) is 5.75 Å². The van der Waals surface area contributed by atoms with Crippen molar-refractivity contribution < 1.29 is 17.9 Å². The number of anilines is 2. The Balaban J connectivity index is 1.91. The fraction of sp³-hybridized carbons (Fsp3) is 0.0526. The number of ether oxygens (including phenoxy) is 1. The Hall–Kier alpha value is -3.10. The summed E-state index contributed by atoms with van der Waals surface area (Å²) in [6, 6.07) is 15.9. The molecule has 9 heteroatoms. The van der Waals surface area contributed by atoms with Gasteiger partial charge in [-0.25, -0.2) is 13.4 Å². The first-order valence-corrected chi connectivity index (χ1v) is 9.94. The van der Waals surface area contributed by atoms with Gasteiger partial charge in [-0.1, -0.05) is 29.8 Å². The fourth-order valence-electron chi connectivity index (χ4n) is 2.38. The number of amides is 1. The van der Waals surface area contributed by atoms with E-state index in [-0.39, 0.29) is 22.0 Å². The summed E-state index contributed by atoms with van der Waals surface area (Å²) in [4.78, 5) is 16.2. The van der Waals surface area contributed by atoms with Crippen molar-refractivity contribution in [1.82, 2.24) is 4.98 Å². The summed E-state index contributed by atoms with van der Waals surface area (Å²) in [5.74, 6) is -0.266. The van der Waals surface area contributed by atoms with Gasteiger partial charge in [0.25, 0.3) is 15.9 Å². The highest BCUT2D eigenvalue weighted by Crippen LogP contribution is 2.27. The number of nitrogens with zero attached hydrogens (tertiary/aromatic N) is 1. The van der Waals surface area contributed by atoms with E-state index < -0.39 is 15.9 Å². The van der Waals surface area contributed by atoms with E-state index in [2.05, 4.69) is 15.0 Å². The van der Waals surface area contributed by atoms with Gasteiger partial charge >= 0.3 is 0 Å². The number of hydrogen-bond acceptors (Lipinski definition) is 5. The molecule has 2 aromatic carbocycles. The van der Waals surface area contributed by atoms with Gasteiger partial charge in [-0.3, -0.25) is 9.52 Å². The third-order valence-corrected chi connectivity index (χ3v) is 5.31. The molecule has 0 aliphatic carbocycles. The summed E-state index contributed by atoms with van der Waals surface area (Å²) in [5.41, 5.74) is 0.755. The molecule has 1 heterocycles. The van der Waals surface area contributed by atoms with Crippen molar-refractivity contribution in [2.45, 2.75) is 4.90 Å². The number of aromatic nitrogens is 1. The summed E-state index contributed by atoms with van der Waals surface area (Å²) in [7, 11) is -2.71. The molecule has 144 valence electrons. The number of carbonyl (C=O) groups is 1. The van der Waals surface area contributed by atoms with E-state index in [0.717, 1.165) is 0 Å². The van der Waals surface area contributed by atoms with Crippen molar-refractivity contribution in [3.05, 3.63) is 77.4 Å². The molecule has 0 saturated carbocycles. The van der Waals surface area contributed by atoms with Crippen molar-refractivity contribution in [3.8, 4) is 5.75 Å². The smallest absolute Gasteiger partial charge is 0.266 e. The van der Waals surface area contributed by atoms with Crippen molar-refractivity contribution in [2.75, 3.05) is 17.1 Å².